The summed E-state index contributed by atoms with van der Waals surface area (Å²) in [6.07, 6.45) is 5.23. The zero-order valence-corrected chi connectivity index (χ0v) is 22.7. The molecule has 5 rings (SSSR count). The van der Waals surface area contributed by atoms with Gasteiger partial charge in [0.25, 0.3) is 0 Å². The van der Waals surface area contributed by atoms with E-state index in [4.69, 9.17) is 21.3 Å². The van der Waals surface area contributed by atoms with Crippen LogP contribution in [0.5, 0.6) is 0 Å². The Bertz CT molecular complexity index is 1410. The molecule has 0 unspecified atom stereocenters. The molecule has 0 spiro atoms. The van der Waals surface area contributed by atoms with Gasteiger partial charge in [0.2, 0.25) is 5.95 Å². The Morgan fingerprint density at radius 1 is 1.18 bits per heavy atom. The van der Waals surface area contributed by atoms with E-state index in [0.717, 1.165) is 53.6 Å². The van der Waals surface area contributed by atoms with E-state index in [2.05, 4.69) is 20.6 Å². The van der Waals surface area contributed by atoms with E-state index >= 15 is 0 Å². The molecule has 0 aliphatic carbocycles. The number of anilines is 2. The van der Waals surface area contributed by atoms with Crippen LogP contribution in [-0.4, -0.2) is 50.7 Å². The third-order valence-electron chi connectivity index (χ3n) is 6.49. The molecule has 3 N–H and O–H groups in total. The number of hydrogen-bond donors (Lipinski definition) is 3. The van der Waals surface area contributed by atoms with Crippen molar-refractivity contribution in [2.75, 3.05) is 18.4 Å². The molecule has 0 bridgehead atoms. The first kappa shape index (κ1) is 26.0. The molecule has 4 aromatic rings. The van der Waals surface area contributed by atoms with Gasteiger partial charge in [0.1, 0.15) is 5.60 Å². The van der Waals surface area contributed by atoms with Crippen LogP contribution in [0.3, 0.4) is 0 Å². The van der Waals surface area contributed by atoms with Crippen molar-refractivity contribution >= 4 is 40.2 Å². The van der Waals surface area contributed by atoms with Crippen LogP contribution in [-0.2, 0) is 11.3 Å². The van der Waals surface area contributed by atoms with E-state index in [1.807, 2.05) is 80.4 Å². The maximum Gasteiger partial charge on any atom is 0.410 e. The minimum Gasteiger partial charge on any atom is -0.444 e. The molecule has 1 amide bonds. The van der Waals surface area contributed by atoms with Crippen molar-refractivity contribution in [3.63, 3.8) is 0 Å². The van der Waals surface area contributed by atoms with Crippen LogP contribution in [0.2, 0.25) is 5.02 Å². The third kappa shape index (κ3) is 6.09. The number of amides is 1. The Morgan fingerprint density at radius 3 is 2.71 bits per heavy atom. The molecule has 9 heteroatoms. The highest BCUT2D eigenvalue weighted by Gasteiger charge is 2.29. The van der Waals surface area contributed by atoms with Gasteiger partial charge in [-0.3, -0.25) is 4.90 Å². The molecule has 0 saturated carbocycles. The van der Waals surface area contributed by atoms with Crippen molar-refractivity contribution in [1.82, 2.24) is 25.2 Å². The zero-order valence-electron chi connectivity index (χ0n) is 21.9. The molecule has 2 aromatic carbocycles. The molecule has 1 aliphatic rings. The molecule has 3 heterocycles. The summed E-state index contributed by atoms with van der Waals surface area (Å²) in [6, 6.07) is 16.1. The van der Waals surface area contributed by atoms with Crippen molar-refractivity contribution in [1.29, 1.82) is 0 Å². The molecule has 38 heavy (non-hydrogen) atoms. The lowest BCUT2D eigenvalue weighted by Gasteiger charge is -2.36. The number of benzene rings is 2. The summed E-state index contributed by atoms with van der Waals surface area (Å²) in [4.78, 5) is 27.2. The number of fused-ring (bicyclic) bond motifs is 1. The van der Waals surface area contributed by atoms with Gasteiger partial charge in [-0.05, 0) is 63.9 Å². The lowest BCUT2D eigenvalue weighted by atomic mass is 10.1. The third-order valence-corrected chi connectivity index (χ3v) is 6.77. The van der Waals surface area contributed by atoms with Crippen molar-refractivity contribution < 1.29 is 9.53 Å². The number of carbonyl (C=O) groups is 1. The van der Waals surface area contributed by atoms with Crippen LogP contribution >= 0.6 is 11.6 Å². The predicted octanol–water partition coefficient (Wildman–Crippen LogP) is 6.51. The van der Waals surface area contributed by atoms with Crippen molar-refractivity contribution in [2.45, 2.75) is 51.8 Å². The standard InChI is InChI=1S/C29H33ClN6O2/c1-29(2,3)38-28(37)36(21-7-6-14-31-15-21)18-19-10-12-20(13-11-19)34-27-33-17-24(30)26(35-27)23-16-32-25-9-5-4-8-22(23)25/h4-5,8-13,16-17,21,31-32H,6-7,14-15,18H2,1-3H3,(H,33,34,35)/t21-/m1/s1. The topological polar surface area (TPSA) is 95.2 Å². The molecule has 0 radical (unpaired) electrons. The van der Waals surface area contributed by atoms with Gasteiger partial charge in [0.15, 0.2) is 0 Å². The molecular weight excluding hydrogens is 500 g/mol. The number of hydrogen-bond acceptors (Lipinski definition) is 6. The summed E-state index contributed by atoms with van der Waals surface area (Å²) >= 11 is 6.48. The number of rotatable bonds is 6. The van der Waals surface area contributed by atoms with E-state index in [9.17, 15) is 4.79 Å². The minimum atomic E-state index is -0.546. The first-order valence-electron chi connectivity index (χ1n) is 12.9. The fourth-order valence-corrected chi connectivity index (χ4v) is 4.86. The summed E-state index contributed by atoms with van der Waals surface area (Å²) in [6.45, 7) is 7.91. The minimum absolute atomic E-state index is 0.0989. The average Bonchev–Trinajstić information content (AvgIpc) is 3.33. The molecular formula is C29H33ClN6O2. The van der Waals surface area contributed by atoms with E-state index < -0.39 is 5.60 Å². The van der Waals surface area contributed by atoms with E-state index in [0.29, 0.717) is 23.2 Å². The number of para-hydroxylation sites is 1. The fourth-order valence-electron chi connectivity index (χ4n) is 4.67. The highest BCUT2D eigenvalue weighted by atomic mass is 35.5. The van der Waals surface area contributed by atoms with Crippen molar-refractivity contribution in [3.05, 3.63) is 71.5 Å². The lowest BCUT2D eigenvalue weighted by molar-refractivity contribution is 0.0114. The van der Waals surface area contributed by atoms with Gasteiger partial charge in [-0.1, -0.05) is 41.9 Å². The summed E-state index contributed by atoms with van der Waals surface area (Å²) in [7, 11) is 0. The quantitative estimate of drug-likeness (QED) is 0.262. The number of aromatic amines is 1. The van der Waals surface area contributed by atoms with Crippen LogP contribution in [0.15, 0.2) is 60.9 Å². The summed E-state index contributed by atoms with van der Waals surface area (Å²) in [5, 5.41) is 8.20. The Hall–Kier alpha value is -3.62. The molecule has 2 aromatic heterocycles. The molecule has 198 valence electrons. The highest BCUT2D eigenvalue weighted by molar-refractivity contribution is 6.33. The van der Waals surface area contributed by atoms with Crippen molar-refractivity contribution in [3.8, 4) is 11.3 Å². The van der Waals surface area contributed by atoms with Gasteiger partial charge in [-0.15, -0.1) is 0 Å². The highest BCUT2D eigenvalue weighted by Crippen LogP contribution is 2.32. The van der Waals surface area contributed by atoms with Crippen LogP contribution in [0, 0.1) is 0 Å². The molecule has 1 fully saturated rings. The average molecular weight is 533 g/mol. The second-order valence-electron chi connectivity index (χ2n) is 10.6. The predicted molar refractivity (Wildman–Crippen MR) is 152 cm³/mol. The van der Waals surface area contributed by atoms with Crippen LogP contribution in [0.1, 0.15) is 39.2 Å². The van der Waals surface area contributed by atoms with Crippen molar-refractivity contribution in [2.24, 2.45) is 0 Å². The maximum absolute atomic E-state index is 13.0. The Kier molecular flexibility index (Phi) is 7.53. The van der Waals surface area contributed by atoms with Crippen LogP contribution < -0.4 is 10.6 Å². The molecule has 1 aliphatic heterocycles. The van der Waals surface area contributed by atoms with Gasteiger partial charge < -0.3 is 20.4 Å². The van der Waals surface area contributed by atoms with Gasteiger partial charge in [0.05, 0.1) is 16.9 Å². The number of H-pyrrole nitrogens is 1. The molecule has 1 atom stereocenters. The van der Waals surface area contributed by atoms with Gasteiger partial charge in [-0.25, -0.2) is 14.8 Å². The van der Waals surface area contributed by atoms with Gasteiger partial charge in [0, 0.05) is 47.5 Å². The Balaban J connectivity index is 1.32. The van der Waals surface area contributed by atoms with Crippen LogP contribution in [0.25, 0.3) is 22.2 Å². The number of nitrogens with zero attached hydrogens (tertiary/aromatic N) is 3. The number of ether oxygens (including phenoxy) is 1. The monoisotopic (exact) mass is 532 g/mol. The van der Waals surface area contributed by atoms with Gasteiger partial charge >= 0.3 is 6.09 Å². The molecule has 8 nitrogen and oxygen atoms in total. The summed E-state index contributed by atoms with van der Waals surface area (Å²) in [5.41, 5.74) is 3.91. The second kappa shape index (κ2) is 11.0. The summed E-state index contributed by atoms with van der Waals surface area (Å²) in [5.74, 6) is 0.450. The Morgan fingerprint density at radius 2 is 1.97 bits per heavy atom. The van der Waals surface area contributed by atoms with Crippen LogP contribution in [0.4, 0.5) is 16.4 Å². The first-order valence-corrected chi connectivity index (χ1v) is 13.3. The van der Waals surface area contributed by atoms with Gasteiger partial charge in [-0.2, -0.15) is 0 Å². The number of piperidine rings is 1. The normalized spacial score (nSPS) is 15.8. The number of nitrogens with one attached hydrogen (secondary N) is 3. The smallest absolute Gasteiger partial charge is 0.410 e. The number of halogens is 1. The first-order chi connectivity index (χ1) is 18.3. The Labute approximate surface area is 227 Å². The van der Waals surface area contributed by atoms with E-state index in [1.165, 1.54) is 0 Å². The maximum atomic E-state index is 13.0. The second-order valence-corrected chi connectivity index (χ2v) is 11.0. The number of aromatic nitrogens is 3. The summed E-state index contributed by atoms with van der Waals surface area (Å²) < 4.78 is 5.72. The largest absolute Gasteiger partial charge is 0.444 e. The SMILES string of the molecule is CC(C)(C)OC(=O)N(Cc1ccc(Nc2ncc(Cl)c(-c3c[nH]c4ccccc34)n2)cc1)[C@@H]1CCCNC1. The van der Waals surface area contributed by atoms with E-state index in [1.54, 1.807) is 6.20 Å². The zero-order chi connectivity index (χ0) is 26.7. The fraction of sp³-hybridized carbons (Fsp3) is 0.345. The lowest BCUT2D eigenvalue weighted by Crippen LogP contribution is -2.49. The van der Waals surface area contributed by atoms with E-state index in [-0.39, 0.29) is 12.1 Å². The number of carbonyl (C=O) groups excluding carboxylic acids is 1. The molecule has 1 saturated heterocycles.